The molecule has 1 aromatic heterocycles. The van der Waals surface area contributed by atoms with Crippen molar-refractivity contribution in [2.45, 2.75) is 5.16 Å². The molecule has 8 nitrogen and oxygen atoms in total. The van der Waals surface area contributed by atoms with Crippen LogP contribution >= 0.6 is 23.4 Å². The summed E-state index contributed by atoms with van der Waals surface area (Å²) in [4.78, 5) is 16.6. The minimum absolute atomic E-state index is 0.151. The summed E-state index contributed by atoms with van der Waals surface area (Å²) in [5.41, 5.74) is 1.33. The van der Waals surface area contributed by atoms with Crippen molar-refractivity contribution in [1.29, 1.82) is 0 Å². The summed E-state index contributed by atoms with van der Waals surface area (Å²) in [6.45, 7) is 0.188. The van der Waals surface area contributed by atoms with Crippen molar-refractivity contribution in [3.8, 4) is 28.6 Å². The van der Waals surface area contributed by atoms with Crippen molar-refractivity contribution in [3.63, 3.8) is 0 Å². The molecule has 0 spiro atoms. The van der Waals surface area contributed by atoms with Gasteiger partial charge in [-0.05, 0) is 30.3 Å². The Bertz CT molecular complexity index is 1030. The van der Waals surface area contributed by atoms with Gasteiger partial charge in [-0.25, -0.2) is 4.98 Å². The molecule has 144 valence electrons. The smallest absolute Gasteiger partial charge is 0.234 e. The van der Waals surface area contributed by atoms with Crippen molar-refractivity contribution in [1.82, 2.24) is 15.2 Å². The molecule has 1 amide bonds. The van der Waals surface area contributed by atoms with Crippen LogP contribution in [0, 0.1) is 0 Å². The summed E-state index contributed by atoms with van der Waals surface area (Å²) < 4.78 is 15.9. The van der Waals surface area contributed by atoms with Crippen LogP contribution in [0.3, 0.4) is 0 Å². The fraction of sp³-hybridized carbons (Fsp3) is 0.167. The normalized spacial score (nSPS) is 12.1. The third-order valence-electron chi connectivity index (χ3n) is 3.87. The number of nitrogens with zero attached hydrogens (tertiary/aromatic N) is 2. The second kappa shape index (κ2) is 7.99. The Morgan fingerprint density at radius 2 is 2.14 bits per heavy atom. The fourth-order valence-electron chi connectivity index (χ4n) is 2.60. The highest BCUT2D eigenvalue weighted by Crippen LogP contribution is 2.34. The van der Waals surface area contributed by atoms with E-state index in [4.69, 9.17) is 25.8 Å². The summed E-state index contributed by atoms with van der Waals surface area (Å²) in [5, 5.41) is 10.8. The lowest BCUT2D eigenvalue weighted by molar-refractivity contribution is -0.113. The zero-order valence-electron chi connectivity index (χ0n) is 14.7. The highest BCUT2D eigenvalue weighted by atomic mass is 35.5. The van der Waals surface area contributed by atoms with E-state index in [-0.39, 0.29) is 18.5 Å². The number of H-pyrrole nitrogens is 1. The number of ether oxygens (including phenoxy) is 3. The number of rotatable bonds is 6. The Balaban J connectivity index is 1.38. The molecule has 0 saturated carbocycles. The van der Waals surface area contributed by atoms with E-state index >= 15 is 0 Å². The first-order chi connectivity index (χ1) is 13.6. The van der Waals surface area contributed by atoms with Crippen molar-refractivity contribution in [3.05, 3.63) is 41.4 Å². The van der Waals surface area contributed by atoms with E-state index in [9.17, 15) is 4.79 Å². The van der Waals surface area contributed by atoms with Gasteiger partial charge in [0.15, 0.2) is 17.3 Å². The summed E-state index contributed by atoms with van der Waals surface area (Å²) in [6.07, 6.45) is 0. The molecule has 1 aliphatic rings. The number of fused-ring (bicyclic) bond motifs is 1. The highest BCUT2D eigenvalue weighted by molar-refractivity contribution is 7.99. The monoisotopic (exact) mass is 418 g/mol. The fourth-order valence-corrected chi connectivity index (χ4v) is 3.37. The van der Waals surface area contributed by atoms with Gasteiger partial charge in [-0.15, -0.1) is 5.10 Å². The van der Waals surface area contributed by atoms with Gasteiger partial charge < -0.3 is 19.5 Å². The molecule has 2 N–H and O–H groups in total. The standard InChI is InChI=1S/C18H15ClN4O4S/c1-25-13-4-2-10(19)6-12(13)17-21-18(23-22-17)28-8-16(24)20-11-3-5-14-15(7-11)27-9-26-14/h2-7H,8-9H2,1H3,(H,20,24)(H,21,22,23). The largest absolute Gasteiger partial charge is 0.496 e. The van der Waals surface area contributed by atoms with Crippen molar-refractivity contribution in [2.75, 3.05) is 25.0 Å². The number of aromatic amines is 1. The molecule has 10 heteroatoms. The number of carbonyl (C=O) groups excluding carboxylic acids is 1. The Hall–Kier alpha value is -2.91. The topological polar surface area (TPSA) is 98.4 Å². The van der Waals surface area contributed by atoms with Crippen LogP contribution < -0.4 is 19.5 Å². The summed E-state index contributed by atoms with van der Waals surface area (Å²) in [5.74, 6) is 2.38. The number of benzene rings is 2. The third-order valence-corrected chi connectivity index (χ3v) is 4.95. The number of hydrogen-bond donors (Lipinski definition) is 2. The summed E-state index contributed by atoms with van der Waals surface area (Å²) >= 11 is 7.26. The maximum Gasteiger partial charge on any atom is 0.234 e. The first kappa shape index (κ1) is 18.5. The number of halogens is 1. The molecule has 0 unspecified atom stereocenters. The predicted molar refractivity (Wildman–Crippen MR) is 105 cm³/mol. The van der Waals surface area contributed by atoms with Gasteiger partial charge >= 0.3 is 0 Å². The number of amides is 1. The molecule has 0 aliphatic carbocycles. The number of carbonyl (C=O) groups is 1. The van der Waals surface area contributed by atoms with Gasteiger partial charge in [0.2, 0.25) is 17.9 Å². The third kappa shape index (κ3) is 4.00. The van der Waals surface area contributed by atoms with E-state index in [0.29, 0.717) is 44.5 Å². The van der Waals surface area contributed by atoms with Crippen LogP contribution in [-0.2, 0) is 4.79 Å². The summed E-state index contributed by atoms with van der Waals surface area (Å²) in [7, 11) is 1.57. The minimum atomic E-state index is -0.185. The van der Waals surface area contributed by atoms with Gasteiger partial charge in [0, 0.05) is 16.8 Å². The van der Waals surface area contributed by atoms with E-state index in [1.54, 1.807) is 43.5 Å². The van der Waals surface area contributed by atoms with Crippen LogP contribution in [0.25, 0.3) is 11.4 Å². The first-order valence-corrected chi connectivity index (χ1v) is 9.57. The molecule has 4 rings (SSSR count). The predicted octanol–water partition coefficient (Wildman–Crippen LogP) is 3.59. The first-order valence-electron chi connectivity index (χ1n) is 8.21. The number of methoxy groups -OCH3 is 1. The molecular formula is C18H15ClN4O4S. The van der Waals surface area contributed by atoms with Crippen molar-refractivity contribution >= 4 is 35.0 Å². The Kier molecular flexibility index (Phi) is 5.27. The molecule has 1 aliphatic heterocycles. The quantitative estimate of drug-likeness (QED) is 0.590. The van der Waals surface area contributed by atoms with Gasteiger partial charge in [0.1, 0.15) is 5.75 Å². The van der Waals surface area contributed by atoms with E-state index < -0.39 is 0 Å². The molecule has 28 heavy (non-hydrogen) atoms. The number of anilines is 1. The van der Waals surface area contributed by atoms with Crippen LogP contribution in [0.4, 0.5) is 5.69 Å². The average molecular weight is 419 g/mol. The number of nitrogens with one attached hydrogen (secondary N) is 2. The minimum Gasteiger partial charge on any atom is -0.496 e. The van der Waals surface area contributed by atoms with E-state index in [1.165, 1.54) is 11.8 Å². The van der Waals surface area contributed by atoms with Gasteiger partial charge in [-0.1, -0.05) is 23.4 Å². The van der Waals surface area contributed by atoms with Crippen LogP contribution in [0.15, 0.2) is 41.6 Å². The van der Waals surface area contributed by atoms with Gasteiger partial charge in [0.05, 0.1) is 18.4 Å². The molecule has 0 bridgehead atoms. The lowest BCUT2D eigenvalue weighted by Gasteiger charge is -2.06. The lowest BCUT2D eigenvalue weighted by Crippen LogP contribution is -2.14. The van der Waals surface area contributed by atoms with Gasteiger partial charge in [-0.2, -0.15) is 0 Å². The van der Waals surface area contributed by atoms with Gasteiger partial charge in [0.25, 0.3) is 0 Å². The molecular weight excluding hydrogens is 404 g/mol. The van der Waals surface area contributed by atoms with Crippen LogP contribution in [0.2, 0.25) is 5.02 Å². The second-order valence-electron chi connectivity index (χ2n) is 5.72. The maximum atomic E-state index is 12.2. The van der Waals surface area contributed by atoms with Crippen LogP contribution in [0.5, 0.6) is 17.2 Å². The van der Waals surface area contributed by atoms with Crippen LogP contribution in [0.1, 0.15) is 0 Å². The molecule has 0 saturated heterocycles. The van der Waals surface area contributed by atoms with E-state index in [0.717, 1.165) is 0 Å². The molecule has 2 aromatic carbocycles. The summed E-state index contributed by atoms with van der Waals surface area (Å²) in [6, 6.07) is 10.5. The molecule has 2 heterocycles. The molecule has 3 aromatic rings. The maximum absolute atomic E-state index is 12.2. The zero-order chi connectivity index (χ0) is 19.5. The second-order valence-corrected chi connectivity index (χ2v) is 7.10. The van der Waals surface area contributed by atoms with E-state index in [1.807, 2.05) is 0 Å². The molecule has 0 radical (unpaired) electrons. The van der Waals surface area contributed by atoms with Crippen molar-refractivity contribution in [2.24, 2.45) is 0 Å². The highest BCUT2D eigenvalue weighted by Gasteiger charge is 2.16. The Morgan fingerprint density at radius 1 is 1.29 bits per heavy atom. The lowest BCUT2D eigenvalue weighted by atomic mass is 10.2. The number of hydrogen-bond acceptors (Lipinski definition) is 7. The van der Waals surface area contributed by atoms with Gasteiger partial charge in [-0.3, -0.25) is 9.89 Å². The van der Waals surface area contributed by atoms with Crippen molar-refractivity contribution < 1.29 is 19.0 Å². The Labute approximate surface area is 169 Å². The number of aromatic nitrogens is 3. The Morgan fingerprint density at radius 3 is 3.00 bits per heavy atom. The zero-order valence-corrected chi connectivity index (χ0v) is 16.3. The molecule has 0 fully saturated rings. The molecule has 0 atom stereocenters. The SMILES string of the molecule is COc1ccc(Cl)cc1-c1nc(SCC(=O)Nc2ccc3c(c2)OCO3)n[nH]1. The van der Waals surface area contributed by atoms with E-state index in [2.05, 4.69) is 20.5 Å². The number of thioether (sulfide) groups is 1. The average Bonchev–Trinajstić information content (AvgIpc) is 3.35. The van der Waals surface area contributed by atoms with Crippen LogP contribution in [-0.4, -0.2) is 40.7 Å².